The van der Waals surface area contributed by atoms with Crippen LogP contribution < -0.4 is 5.73 Å². The van der Waals surface area contributed by atoms with Gasteiger partial charge in [0.2, 0.25) is 5.91 Å². The van der Waals surface area contributed by atoms with Crippen molar-refractivity contribution in [3.8, 4) is 0 Å². The Morgan fingerprint density at radius 1 is 0.654 bits per heavy atom. The monoisotopic (exact) mass is 345 g/mol. The molecule has 0 saturated carbocycles. The first-order valence-corrected chi connectivity index (χ1v) is 8.31. The Hall–Kier alpha value is -3.40. The molecule has 1 amide bonds. The zero-order valence-electron chi connectivity index (χ0n) is 14.1. The Kier molecular flexibility index (Phi) is 5.44. The van der Waals surface area contributed by atoms with E-state index < -0.39 is 23.9 Å². The minimum Gasteiger partial charge on any atom is -0.452 e. The molecule has 0 fully saturated rings. The lowest BCUT2D eigenvalue weighted by Crippen LogP contribution is -2.30. The van der Waals surface area contributed by atoms with Crippen molar-refractivity contribution in [2.24, 2.45) is 5.73 Å². The second kappa shape index (κ2) is 8.12. The smallest absolute Gasteiger partial charge is 0.323 e. The van der Waals surface area contributed by atoms with Crippen molar-refractivity contribution in [3.63, 3.8) is 0 Å². The van der Waals surface area contributed by atoms with Crippen molar-refractivity contribution in [3.05, 3.63) is 108 Å². The minimum absolute atomic E-state index is 0.518. The normalized spacial score (nSPS) is 11.7. The third-order valence-corrected chi connectivity index (χ3v) is 4.09. The summed E-state index contributed by atoms with van der Waals surface area (Å²) in [5.41, 5.74) is 7.65. The van der Waals surface area contributed by atoms with Gasteiger partial charge >= 0.3 is 5.97 Å². The second-order valence-electron chi connectivity index (χ2n) is 5.88. The summed E-state index contributed by atoms with van der Waals surface area (Å²) in [7, 11) is 0. The van der Waals surface area contributed by atoms with Gasteiger partial charge in [0.1, 0.15) is 0 Å². The van der Waals surface area contributed by atoms with E-state index in [1.54, 1.807) is 24.3 Å². The molecule has 0 aliphatic rings. The fraction of sp³-hybridized carbons (Fsp3) is 0.0909. The average molecular weight is 345 g/mol. The fourth-order valence-corrected chi connectivity index (χ4v) is 2.83. The van der Waals surface area contributed by atoms with Crippen LogP contribution in [0.1, 0.15) is 28.7 Å². The van der Waals surface area contributed by atoms with Gasteiger partial charge in [-0.1, -0.05) is 91.0 Å². The van der Waals surface area contributed by atoms with Gasteiger partial charge in [0.25, 0.3) is 0 Å². The summed E-state index contributed by atoms with van der Waals surface area (Å²) >= 11 is 0. The molecule has 0 radical (unpaired) electrons. The number of nitrogens with two attached hydrogens (primary N) is 1. The highest BCUT2D eigenvalue weighted by Gasteiger charge is 2.31. The molecule has 0 aromatic heterocycles. The van der Waals surface area contributed by atoms with Gasteiger partial charge in [0.15, 0.2) is 12.0 Å². The van der Waals surface area contributed by atoms with Crippen LogP contribution in [0.15, 0.2) is 91.0 Å². The predicted octanol–water partition coefficient (Wildman–Crippen LogP) is 3.59. The number of hydrogen-bond donors (Lipinski definition) is 1. The molecule has 0 aliphatic carbocycles. The fourth-order valence-electron chi connectivity index (χ4n) is 2.83. The summed E-state index contributed by atoms with van der Waals surface area (Å²) in [5, 5.41) is 0. The van der Waals surface area contributed by atoms with E-state index in [9.17, 15) is 9.59 Å². The van der Waals surface area contributed by atoms with Crippen LogP contribution in [0.25, 0.3) is 0 Å². The van der Waals surface area contributed by atoms with E-state index in [1.165, 1.54) is 0 Å². The summed E-state index contributed by atoms with van der Waals surface area (Å²) in [6.45, 7) is 0. The van der Waals surface area contributed by atoms with Crippen LogP contribution in [0.4, 0.5) is 0 Å². The molecule has 2 N–H and O–H groups in total. The molecular weight excluding hydrogens is 326 g/mol. The quantitative estimate of drug-likeness (QED) is 0.548. The van der Waals surface area contributed by atoms with Crippen LogP contribution >= 0.6 is 0 Å². The zero-order chi connectivity index (χ0) is 18.4. The summed E-state index contributed by atoms with van der Waals surface area (Å²) in [6.07, 6.45) is -0.615. The first-order valence-electron chi connectivity index (χ1n) is 8.31. The Bertz CT molecular complexity index is 824. The standard InChI is InChI=1S/C22H19NO3/c23-21(24)19(16-10-4-1-5-11-16)22(25)26-20(17-12-6-2-7-13-17)18-14-8-3-9-15-18/h1-15,19-20H,(H2,23,24). The number of ether oxygens (including phenoxy) is 1. The number of carbonyl (C=O) groups is 2. The highest BCUT2D eigenvalue weighted by Crippen LogP contribution is 2.28. The molecule has 1 unspecified atom stereocenters. The van der Waals surface area contributed by atoms with Crippen LogP contribution in [0.5, 0.6) is 0 Å². The third-order valence-electron chi connectivity index (χ3n) is 4.09. The maximum Gasteiger partial charge on any atom is 0.323 e. The molecule has 3 aromatic rings. The van der Waals surface area contributed by atoms with Crippen LogP contribution in [-0.4, -0.2) is 11.9 Å². The average Bonchev–Trinajstić information content (AvgIpc) is 2.68. The predicted molar refractivity (Wildman–Crippen MR) is 99.2 cm³/mol. The number of amides is 1. The lowest BCUT2D eigenvalue weighted by Gasteiger charge is -2.21. The first kappa shape index (κ1) is 17.4. The lowest BCUT2D eigenvalue weighted by atomic mass is 9.97. The largest absolute Gasteiger partial charge is 0.452 e. The highest BCUT2D eigenvalue weighted by atomic mass is 16.5. The van der Waals surface area contributed by atoms with Gasteiger partial charge in [-0.25, -0.2) is 0 Å². The molecule has 0 aliphatic heterocycles. The summed E-state index contributed by atoms with van der Waals surface area (Å²) < 4.78 is 5.76. The van der Waals surface area contributed by atoms with Crippen LogP contribution in [0, 0.1) is 0 Å². The van der Waals surface area contributed by atoms with Gasteiger partial charge in [-0.05, 0) is 16.7 Å². The van der Waals surface area contributed by atoms with E-state index in [4.69, 9.17) is 10.5 Å². The molecule has 1 atom stereocenters. The number of carbonyl (C=O) groups excluding carboxylic acids is 2. The summed E-state index contributed by atoms with van der Waals surface area (Å²) in [5.74, 6) is -2.55. The molecule has 0 bridgehead atoms. The summed E-state index contributed by atoms with van der Waals surface area (Å²) in [6, 6.07) is 27.5. The van der Waals surface area contributed by atoms with E-state index >= 15 is 0 Å². The van der Waals surface area contributed by atoms with Crippen molar-refractivity contribution in [2.75, 3.05) is 0 Å². The molecular formula is C22H19NO3. The molecule has 0 saturated heterocycles. The number of rotatable bonds is 6. The SMILES string of the molecule is NC(=O)C(C(=O)OC(c1ccccc1)c1ccccc1)c1ccccc1. The minimum atomic E-state index is -1.15. The van der Waals surface area contributed by atoms with E-state index in [0.717, 1.165) is 11.1 Å². The zero-order valence-corrected chi connectivity index (χ0v) is 14.1. The molecule has 0 spiro atoms. The molecule has 0 heterocycles. The number of benzene rings is 3. The van der Waals surface area contributed by atoms with Gasteiger partial charge in [-0.3, -0.25) is 9.59 Å². The van der Waals surface area contributed by atoms with Crippen LogP contribution in [0.3, 0.4) is 0 Å². The van der Waals surface area contributed by atoms with Crippen molar-refractivity contribution < 1.29 is 14.3 Å². The molecule has 4 nitrogen and oxygen atoms in total. The van der Waals surface area contributed by atoms with Crippen molar-refractivity contribution in [1.82, 2.24) is 0 Å². The van der Waals surface area contributed by atoms with Gasteiger partial charge in [-0.2, -0.15) is 0 Å². The van der Waals surface area contributed by atoms with Crippen molar-refractivity contribution >= 4 is 11.9 Å². The third kappa shape index (κ3) is 3.98. The molecule has 3 aromatic carbocycles. The maximum atomic E-state index is 12.8. The number of esters is 1. The van der Waals surface area contributed by atoms with E-state index in [-0.39, 0.29) is 0 Å². The van der Waals surface area contributed by atoms with Crippen LogP contribution in [0.2, 0.25) is 0 Å². The number of primary amides is 1. The van der Waals surface area contributed by atoms with Gasteiger partial charge in [0, 0.05) is 0 Å². The molecule has 130 valence electrons. The topological polar surface area (TPSA) is 69.4 Å². The Morgan fingerprint density at radius 2 is 1.04 bits per heavy atom. The van der Waals surface area contributed by atoms with Gasteiger partial charge in [0.05, 0.1) is 0 Å². The van der Waals surface area contributed by atoms with E-state index in [2.05, 4.69) is 0 Å². The Balaban J connectivity index is 1.93. The van der Waals surface area contributed by atoms with Crippen LogP contribution in [-0.2, 0) is 14.3 Å². The first-order chi connectivity index (χ1) is 12.7. The molecule has 3 rings (SSSR count). The van der Waals surface area contributed by atoms with E-state index in [0.29, 0.717) is 5.56 Å². The van der Waals surface area contributed by atoms with Gasteiger partial charge < -0.3 is 10.5 Å². The van der Waals surface area contributed by atoms with Crippen molar-refractivity contribution in [2.45, 2.75) is 12.0 Å². The Labute approximate surface area is 152 Å². The molecule has 4 heteroatoms. The highest BCUT2D eigenvalue weighted by molar-refractivity contribution is 6.02. The van der Waals surface area contributed by atoms with Gasteiger partial charge in [-0.15, -0.1) is 0 Å². The number of hydrogen-bond acceptors (Lipinski definition) is 3. The Morgan fingerprint density at radius 3 is 1.42 bits per heavy atom. The second-order valence-corrected chi connectivity index (χ2v) is 5.88. The lowest BCUT2D eigenvalue weighted by molar-refractivity contribution is -0.151. The maximum absolute atomic E-state index is 12.8. The summed E-state index contributed by atoms with van der Waals surface area (Å²) in [4.78, 5) is 24.7. The molecule has 26 heavy (non-hydrogen) atoms. The van der Waals surface area contributed by atoms with Crippen molar-refractivity contribution in [1.29, 1.82) is 0 Å². The van der Waals surface area contributed by atoms with E-state index in [1.807, 2.05) is 66.7 Å².